The van der Waals surface area contributed by atoms with Crippen molar-refractivity contribution in [2.75, 3.05) is 0 Å². The van der Waals surface area contributed by atoms with Crippen molar-refractivity contribution in [2.45, 2.75) is 52.7 Å². The maximum atomic E-state index is 11.2. The Morgan fingerprint density at radius 3 is 2.17 bits per heavy atom. The van der Waals surface area contributed by atoms with E-state index >= 15 is 0 Å². The molecule has 0 heterocycles. The molecule has 2 nitrogen and oxygen atoms in total. The van der Waals surface area contributed by atoms with Gasteiger partial charge in [0.25, 0.3) is 0 Å². The Labute approximate surface area is 74.3 Å². The van der Waals surface area contributed by atoms with Crippen molar-refractivity contribution >= 4 is 5.78 Å². The lowest BCUT2D eigenvalue weighted by molar-refractivity contribution is -0.175. The highest BCUT2D eigenvalue weighted by atomic mass is 16.5. The first-order valence-corrected chi connectivity index (χ1v) is 4.44. The van der Waals surface area contributed by atoms with E-state index in [1.807, 2.05) is 34.6 Å². The molecule has 0 N–H and O–H groups in total. The SMILES string of the molecule is CC(C)(C)O[C@H]1CC(=O)C1(C)C. The van der Waals surface area contributed by atoms with Gasteiger partial charge in [0.2, 0.25) is 0 Å². The Bertz CT molecular complexity index is 198. The molecule has 0 unspecified atom stereocenters. The third-order valence-electron chi connectivity index (χ3n) is 2.39. The molecular weight excluding hydrogens is 152 g/mol. The maximum absolute atomic E-state index is 11.2. The van der Waals surface area contributed by atoms with Crippen molar-refractivity contribution in [3.8, 4) is 0 Å². The van der Waals surface area contributed by atoms with Crippen molar-refractivity contribution in [3.05, 3.63) is 0 Å². The van der Waals surface area contributed by atoms with Gasteiger partial charge in [0.1, 0.15) is 5.78 Å². The van der Waals surface area contributed by atoms with Crippen LogP contribution in [0.3, 0.4) is 0 Å². The highest BCUT2D eigenvalue weighted by Gasteiger charge is 2.49. The van der Waals surface area contributed by atoms with Crippen LogP contribution < -0.4 is 0 Å². The van der Waals surface area contributed by atoms with Crippen LogP contribution >= 0.6 is 0 Å². The lowest BCUT2D eigenvalue weighted by atomic mass is 9.67. The molecule has 0 aromatic carbocycles. The second-order valence-electron chi connectivity index (χ2n) is 5.07. The summed E-state index contributed by atoms with van der Waals surface area (Å²) in [5, 5.41) is 0. The number of ether oxygens (including phenoxy) is 1. The van der Waals surface area contributed by atoms with Crippen molar-refractivity contribution < 1.29 is 9.53 Å². The largest absolute Gasteiger partial charge is 0.371 e. The molecule has 1 aliphatic carbocycles. The minimum Gasteiger partial charge on any atom is -0.371 e. The third-order valence-corrected chi connectivity index (χ3v) is 2.39. The molecule has 1 aliphatic rings. The molecule has 1 fully saturated rings. The third kappa shape index (κ3) is 1.69. The average molecular weight is 170 g/mol. The van der Waals surface area contributed by atoms with Gasteiger partial charge in [-0.3, -0.25) is 4.79 Å². The Morgan fingerprint density at radius 2 is 1.92 bits per heavy atom. The summed E-state index contributed by atoms with van der Waals surface area (Å²) in [4.78, 5) is 11.2. The Kier molecular flexibility index (Phi) is 2.07. The van der Waals surface area contributed by atoms with Crippen LogP contribution in [0.2, 0.25) is 0 Å². The van der Waals surface area contributed by atoms with Gasteiger partial charge in [0, 0.05) is 6.42 Å². The van der Waals surface area contributed by atoms with E-state index in [4.69, 9.17) is 4.74 Å². The fourth-order valence-electron chi connectivity index (χ4n) is 1.35. The van der Waals surface area contributed by atoms with Gasteiger partial charge in [-0.1, -0.05) is 13.8 Å². The first-order valence-electron chi connectivity index (χ1n) is 4.44. The monoisotopic (exact) mass is 170 g/mol. The number of carbonyl (C=O) groups is 1. The number of ketones is 1. The van der Waals surface area contributed by atoms with E-state index in [0.717, 1.165) is 0 Å². The summed E-state index contributed by atoms with van der Waals surface area (Å²) in [6.07, 6.45) is 0.703. The highest BCUT2D eigenvalue weighted by Crippen LogP contribution is 2.40. The van der Waals surface area contributed by atoms with E-state index in [2.05, 4.69) is 0 Å². The molecule has 0 amide bonds. The molecular formula is C10H18O2. The summed E-state index contributed by atoms with van der Waals surface area (Å²) in [6.45, 7) is 9.97. The number of rotatable bonds is 1. The van der Waals surface area contributed by atoms with Crippen LogP contribution in [0, 0.1) is 5.41 Å². The number of Topliss-reactive ketones (excluding diaryl/α,β-unsaturated/α-hetero) is 1. The normalized spacial score (nSPS) is 28.4. The van der Waals surface area contributed by atoms with Gasteiger partial charge in [0.05, 0.1) is 17.1 Å². The Morgan fingerprint density at radius 1 is 1.42 bits per heavy atom. The van der Waals surface area contributed by atoms with E-state index in [9.17, 15) is 4.79 Å². The molecule has 0 aromatic heterocycles. The van der Waals surface area contributed by atoms with Crippen molar-refractivity contribution in [2.24, 2.45) is 5.41 Å². The summed E-state index contributed by atoms with van der Waals surface area (Å²) >= 11 is 0. The first kappa shape index (κ1) is 9.72. The van der Waals surface area contributed by atoms with Gasteiger partial charge in [-0.15, -0.1) is 0 Å². The predicted octanol–water partition coefficient (Wildman–Crippen LogP) is 2.17. The van der Waals surface area contributed by atoms with Crippen LogP contribution in [0.5, 0.6) is 0 Å². The Balaban J connectivity index is 2.54. The maximum Gasteiger partial charge on any atom is 0.143 e. The molecule has 1 rings (SSSR count). The molecule has 2 heteroatoms. The van der Waals surface area contributed by atoms with Crippen molar-refractivity contribution in [1.29, 1.82) is 0 Å². The van der Waals surface area contributed by atoms with E-state index < -0.39 is 0 Å². The van der Waals surface area contributed by atoms with Crippen LogP contribution in [0.4, 0.5) is 0 Å². The van der Waals surface area contributed by atoms with Gasteiger partial charge >= 0.3 is 0 Å². The average Bonchev–Trinajstić information content (AvgIpc) is 1.84. The summed E-state index contributed by atoms with van der Waals surface area (Å²) in [5.41, 5.74) is -0.393. The van der Waals surface area contributed by atoms with Crippen LogP contribution in [0.15, 0.2) is 0 Å². The fourth-order valence-corrected chi connectivity index (χ4v) is 1.35. The smallest absolute Gasteiger partial charge is 0.143 e. The van der Waals surface area contributed by atoms with Gasteiger partial charge in [-0.25, -0.2) is 0 Å². The standard InChI is InChI=1S/C10H18O2/c1-9(2,3)12-8-6-7(11)10(8,4)5/h8H,6H2,1-5H3/t8-/m0/s1. The summed E-state index contributed by atoms with van der Waals surface area (Å²) in [5.74, 6) is 0.316. The summed E-state index contributed by atoms with van der Waals surface area (Å²) < 4.78 is 5.74. The molecule has 0 spiro atoms. The predicted molar refractivity (Wildman–Crippen MR) is 48.0 cm³/mol. The van der Waals surface area contributed by atoms with E-state index in [1.165, 1.54) is 0 Å². The van der Waals surface area contributed by atoms with E-state index in [-0.39, 0.29) is 17.1 Å². The van der Waals surface area contributed by atoms with Crippen molar-refractivity contribution in [3.63, 3.8) is 0 Å². The van der Waals surface area contributed by atoms with Gasteiger partial charge in [-0.2, -0.15) is 0 Å². The fraction of sp³-hybridized carbons (Fsp3) is 0.900. The lowest BCUT2D eigenvalue weighted by Crippen LogP contribution is -2.53. The molecule has 1 saturated carbocycles. The van der Waals surface area contributed by atoms with Crippen LogP contribution in [-0.4, -0.2) is 17.5 Å². The second-order valence-corrected chi connectivity index (χ2v) is 5.07. The van der Waals surface area contributed by atoms with E-state index in [0.29, 0.717) is 12.2 Å². The molecule has 70 valence electrons. The first-order chi connectivity index (χ1) is 5.23. The van der Waals surface area contributed by atoms with Gasteiger partial charge in [-0.05, 0) is 20.8 Å². The van der Waals surface area contributed by atoms with Gasteiger partial charge < -0.3 is 4.74 Å². The van der Waals surface area contributed by atoms with Crippen LogP contribution in [-0.2, 0) is 9.53 Å². The highest BCUT2D eigenvalue weighted by molar-refractivity contribution is 5.91. The summed E-state index contributed by atoms with van der Waals surface area (Å²) in [7, 11) is 0. The lowest BCUT2D eigenvalue weighted by Gasteiger charge is -2.45. The quantitative estimate of drug-likeness (QED) is 0.603. The molecule has 0 radical (unpaired) electrons. The molecule has 0 bridgehead atoms. The summed E-state index contributed by atoms with van der Waals surface area (Å²) in [6, 6.07) is 0. The number of hydrogen-bond acceptors (Lipinski definition) is 2. The second kappa shape index (κ2) is 2.56. The number of hydrogen-bond donors (Lipinski definition) is 0. The molecule has 0 aliphatic heterocycles. The van der Waals surface area contributed by atoms with Gasteiger partial charge in [0.15, 0.2) is 0 Å². The zero-order valence-electron chi connectivity index (χ0n) is 8.60. The minimum absolute atomic E-state index is 0.116. The zero-order valence-corrected chi connectivity index (χ0v) is 8.60. The molecule has 1 atom stereocenters. The number of carbonyl (C=O) groups excluding carboxylic acids is 1. The van der Waals surface area contributed by atoms with Crippen LogP contribution in [0.1, 0.15) is 41.0 Å². The van der Waals surface area contributed by atoms with Crippen molar-refractivity contribution in [1.82, 2.24) is 0 Å². The zero-order chi connectivity index (χ0) is 9.57. The minimum atomic E-state index is -0.257. The topological polar surface area (TPSA) is 26.3 Å². The Hall–Kier alpha value is -0.370. The molecule has 12 heavy (non-hydrogen) atoms. The van der Waals surface area contributed by atoms with E-state index in [1.54, 1.807) is 0 Å². The molecule has 0 aromatic rings. The molecule has 0 saturated heterocycles. The van der Waals surface area contributed by atoms with Crippen LogP contribution in [0.25, 0.3) is 0 Å².